The Balaban J connectivity index is 2.39. The van der Waals surface area contributed by atoms with Gasteiger partial charge < -0.3 is 4.74 Å². The Kier molecular flexibility index (Phi) is 5.82. The van der Waals surface area contributed by atoms with E-state index in [4.69, 9.17) is 11.2 Å². The van der Waals surface area contributed by atoms with Crippen molar-refractivity contribution in [3.63, 3.8) is 0 Å². The normalized spacial score (nSPS) is 10.7. The molecule has 2 rings (SSSR count). The summed E-state index contributed by atoms with van der Waals surface area (Å²) in [7, 11) is 0. The largest absolute Gasteiger partial charge is 0.479 e. The van der Waals surface area contributed by atoms with E-state index in [9.17, 15) is 0 Å². The number of aryl methyl sites for hydroxylation is 2. The summed E-state index contributed by atoms with van der Waals surface area (Å²) >= 11 is 6.97. The molecule has 0 amide bonds. The summed E-state index contributed by atoms with van der Waals surface area (Å²) in [5.74, 6) is 3.16. The van der Waals surface area contributed by atoms with E-state index in [1.165, 1.54) is 5.56 Å². The van der Waals surface area contributed by atoms with Gasteiger partial charge in [-0.3, -0.25) is 4.99 Å². The van der Waals surface area contributed by atoms with Gasteiger partial charge in [0.15, 0.2) is 0 Å². The fourth-order valence-corrected chi connectivity index (χ4v) is 3.40. The fourth-order valence-electron chi connectivity index (χ4n) is 2.03. The minimum Gasteiger partial charge on any atom is -0.479 e. The second-order valence-corrected chi connectivity index (χ2v) is 6.62. The number of hydrogen-bond donors (Lipinski definition) is 0. The maximum absolute atomic E-state index is 5.61. The quantitative estimate of drug-likeness (QED) is 0.466. The van der Waals surface area contributed by atoms with Crippen LogP contribution in [0.5, 0.6) is 5.75 Å². The van der Waals surface area contributed by atoms with Gasteiger partial charge in [0.1, 0.15) is 12.4 Å². The SMILES string of the molecule is C#CCOc1c(Br)cc(Br)cc1C=Nc1ccc(C)cc1C. The topological polar surface area (TPSA) is 21.6 Å². The third-order valence-corrected chi connectivity index (χ3v) is 4.08. The molecule has 0 aliphatic carbocycles. The summed E-state index contributed by atoms with van der Waals surface area (Å²) in [5, 5.41) is 0. The van der Waals surface area contributed by atoms with Gasteiger partial charge in [0.2, 0.25) is 0 Å². The van der Waals surface area contributed by atoms with Crippen molar-refractivity contribution in [2.45, 2.75) is 13.8 Å². The molecule has 0 saturated carbocycles. The second kappa shape index (κ2) is 7.62. The van der Waals surface area contributed by atoms with Crippen LogP contribution >= 0.6 is 31.9 Å². The average molecular weight is 421 g/mol. The molecule has 112 valence electrons. The highest BCUT2D eigenvalue weighted by Crippen LogP contribution is 2.32. The molecule has 0 aliphatic heterocycles. The fraction of sp³-hybridized carbons (Fsp3) is 0.167. The second-order valence-electron chi connectivity index (χ2n) is 4.85. The highest BCUT2D eigenvalue weighted by atomic mass is 79.9. The van der Waals surface area contributed by atoms with Crippen LogP contribution < -0.4 is 4.74 Å². The molecule has 0 aliphatic rings. The summed E-state index contributed by atoms with van der Waals surface area (Å²) in [6, 6.07) is 10.0. The van der Waals surface area contributed by atoms with Crippen molar-refractivity contribution in [2.75, 3.05) is 6.61 Å². The molecule has 0 aromatic heterocycles. The Labute approximate surface area is 147 Å². The molecular formula is C18H15Br2NO. The maximum atomic E-state index is 5.61. The molecule has 0 radical (unpaired) electrons. The van der Waals surface area contributed by atoms with Crippen molar-refractivity contribution in [3.05, 3.63) is 56.0 Å². The first-order chi connectivity index (χ1) is 10.5. The zero-order valence-corrected chi connectivity index (χ0v) is 15.5. The van der Waals surface area contributed by atoms with Crippen molar-refractivity contribution in [1.82, 2.24) is 0 Å². The summed E-state index contributed by atoms with van der Waals surface area (Å²) in [6.45, 7) is 4.33. The highest BCUT2D eigenvalue weighted by molar-refractivity contribution is 9.11. The lowest BCUT2D eigenvalue weighted by Gasteiger charge is -2.10. The lowest BCUT2D eigenvalue weighted by molar-refractivity contribution is 0.367. The molecular weight excluding hydrogens is 406 g/mol. The lowest BCUT2D eigenvalue weighted by atomic mass is 10.1. The van der Waals surface area contributed by atoms with Gasteiger partial charge in [-0.15, -0.1) is 6.42 Å². The Morgan fingerprint density at radius 1 is 1.23 bits per heavy atom. The summed E-state index contributed by atoms with van der Waals surface area (Å²) in [6.07, 6.45) is 7.06. The van der Waals surface area contributed by atoms with Crippen molar-refractivity contribution in [2.24, 2.45) is 4.99 Å². The van der Waals surface area contributed by atoms with E-state index in [1.54, 1.807) is 6.21 Å². The molecule has 4 heteroatoms. The van der Waals surface area contributed by atoms with Gasteiger partial charge in [0.25, 0.3) is 0 Å². The molecule has 0 saturated heterocycles. The third kappa shape index (κ3) is 4.22. The van der Waals surface area contributed by atoms with Crippen molar-refractivity contribution < 1.29 is 4.74 Å². The van der Waals surface area contributed by atoms with Gasteiger partial charge in [0.05, 0.1) is 10.2 Å². The number of halogens is 2. The smallest absolute Gasteiger partial charge is 0.148 e. The molecule has 0 unspecified atom stereocenters. The van der Waals surface area contributed by atoms with E-state index in [0.29, 0.717) is 5.75 Å². The van der Waals surface area contributed by atoms with E-state index in [2.05, 4.69) is 55.8 Å². The standard InChI is InChI=1S/C18H15Br2NO/c1-4-7-22-18-14(9-15(19)10-16(18)20)11-21-17-6-5-12(2)8-13(17)3/h1,5-6,8-11H,7H2,2-3H3. The number of rotatable bonds is 4. The van der Waals surface area contributed by atoms with Crippen LogP contribution in [0.2, 0.25) is 0 Å². The first-order valence-electron chi connectivity index (χ1n) is 6.68. The van der Waals surface area contributed by atoms with Gasteiger partial charge in [0, 0.05) is 16.3 Å². The predicted molar refractivity (Wildman–Crippen MR) is 99.3 cm³/mol. The van der Waals surface area contributed by atoms with Crippen LogP contribution in [0.15, 0.2) is 44.3 Å². The molecule has 0 bridgehead atoms. The van der Waals surface area contributed by atoms with Gasteiger partial charge in [-0.25, -0.2) is 0 Å². The molecule has 2 aromatic rings. The minimum atomic E-state index is 0.213. The summed E-state index contributed by atoms with van der Waals surface area (Å²) in [5.41, 5.74) is 4.15. The van der Waals surface area contributed by atoms with E-state index < -0.39 is 0 Å². The van der Waals surface area contributed by atoms with Crippen LogP contribution in [0.1, 0.15) is 16.7 Å². The first-order valence-corrected chi connectivity index (χ1v) is 8.26. The highest BCUT2D eigenvalue weighted by Gasteiger charge is 2.09. The van der Waals surface area contributed by atoms with Crippen LogP contribution in [-0.4, -0.2) is 12.8 Å². The summed E-state index contributed by atoms with van der Waals surface area (Å²) < 4.78 is 7.39. The number of aliphatic imine (C=N–C) groups is 1. The average Bonchev–Trinajstić information content (AvgIpc) is 2.45. The molecule has 2 aromatic carbocycles. The molecule has 0 fully saturated rings. The molecule has 0 spiro atoms. The minimum absolute atomic E-state index is 0.213. The van der Waals surface area contributed by atoms with Crippen LogP contribution in [0.25, 0.3) is 0 Å². The van der Waals surface area contributed by atoms with Crippen LogP contribution in [0.4, 0.5) is 5.69 Å². The number of terminal acetylenes is 1. The Morgan fingerprint density at radius 2 is 2.00 bits per heavy atom. The zero-order valence-electron chi connectivity index (χ0n) is 12.4. The number of ether oxygens (including phenoxy) is 1. The Bertz CT molecular complexity index is 760. The predicted octanol–water partition coefficient (Wildman–Crippen LogP) is 5.59. The Hall–Kier alpha value is -1.57. The van der Waals surface area contributed by atoms with E-state index in [1.807, 2.05) is 31.2 Å². The number of nitrogens with zero attached hydrogens (tertiary/aromatic N) is 1. The Morgan fingerprint density at radius 3 is 2.68 bits per heavy atom. The molecule has 0 atom stereocenters. The number of benzene rings is 2. The van der Waals surface area contributed by atoms with Crippen molar-refractivity contribution in [3.8, 4) is 18.1 Å². The first kappa shape index (κ1) is 16.8. The van der Waals surface area contributed by atoms with Crippen LogP contribution in [0, 0.1) is 26.2 Å². The van der Waals surface area contributed by atoms with Crippen molar-refractivity contribution >= 4 is 43.8 Å². The van der Waals surface area contributed by atoms with Gasteiger partial charge in [-0.2, -0.15) is 0 Å². The van der Waals surface area contributed by atoms with Crippen LogP contribution in [-0.2, 0) is 0 Å². The van der Waals surface area contributed by atoms with Crippen LogP contribution in [0.3, 0.4) is 0 Å². The van der Waals surface area contributed by atoms with E-state index >= 15 is 0 Å². The van der Waals surface area contributed by atoms with Crippen molar-refractivity contribution in [1.29, 1.82) is 0 Å². The third-order valence-electron chi connectivity index (χ3n) is 3.03. The summed E-state index contributed by atoms with van der Waals surface area (Å²) in [4.78, 5) is 4.57. The number of hydrogen-bond acceptors (Lipinski definition) is 2. The molecule has 0 N–H and O–H groups in total. The molecule has 22 heavy (non-hydrogen) atoms. The van der Waals surface area contributed by atoms with Gasteiger partial charge in [-0.1, -0.05) is 39.5 Å². The van der Waals surface area contributed by atoms with Gasteiger partial charge in [-0.05, 0) is 53.5 Å². The molecule has 0 heterocycles. The van der Waals surface area contributed by atoms with E-state index in [-0.39, 0.29) is 6.61 Å². The lowest BCUT2D eigenvalue weighted by Crippen LogP contribution is -1.99. The monoisotopic (exact) mass is 419 g/mol. The van der Waals surface area contributed by atoms with Gasteiger partial charge >= 0.3 is 0 Å². The molecule has 2 nitrogen and oxygen atoms in total. The maximum Gasteiger partial charge on any atom is 0.148 e. The zero-order chi connectivity index (χ0) is 16.1. The van der Waals surface area contributed by atoms with E-state index in [0.717, 1.165) is 25.8 Å².